The normalized spacial score (nSPS) is 11.7. The Balaban J connectivity index is 2.26. The average molecular weight is 445 g/mol. The maximum absolute atomic E-state index is 13.7. The second kappa shape index (κ2) is 8.20. The standard InChI is InChI=1S/C21H14F3N3O3S/c22-21(23,24)17-10-18(13-6-2-1-3-7-13)27-20(16(17)11-25)31(29,30)12-14-8-4-5-9-15(14)19(26)28/h1-10H,12H2,(H2,26,28). The van der Waals surface area contributed by atoms with E-state index in [0.29, 0.717) is 6.07 Å². The Morgan fingerprint density at radius 3 is 2.26 bits per heavy atom. The minimum Gasteiger partial charge on any atom is -0.366 e. The number of benzene rings is 2. The second-order valence-corrected chi connectivity index (χ2v) is 8.40. The van der Waals surface area contributed by atoms with E-state index in [1.165, 1.54) is 42.5 Å². The fourth-order valence-electron chi connectivity index (χ4n) is 2.99. The largest absolute Gasteiger partial charge is 0.417 e. The quantitative estimate of drug-likeness (QED) is 0.643. The molecular formula is C21H14F3N3O3S. The molecule has 0 aliphatic carbocycles. The van der Waals surface area contributed by atoms with Crippen molar-refractivity contribution in [3.05, 3.63) is 82.9 Å². The van der Waals surface area contributed by atoms with Gasteiger partial charge >= 0.3 is 6.18 Å². The fraction of sp³-hybridized carbons (Fsp3) is 0.0952. The molecule has 1 heterocycles. The van der Waals surface area contributed by atoms with Crippen LogP contribution >= 0.6 is 0 Å². The van der Waals surface area contributed by atoms with Crippen molar-refractivity contribution in [1.82, 2.24) is 4.98 Å². The van der Waals surface area contributed by atoms with E-state index < -0.39 is 43.8 Å². The van der Waals surface area contributed by atoms with Crippen molar-refractivity contribution in [3.8, 4) is 17.3 Å². The van der Waals surface area contributed by atoms with Crippen molar-refractivity contribution in [3.63, 3.8) is 0 Å². The molecule has 0 fully saturated rings. The molecule has 1 aromatic heterocycles. The van der Waals surface area contributed by atoms with Gasteiger partial charge in [0.2, 0.25) is 15.7 Å². The number of amides is 1. The molecule has 10 heteroatoms. The Labute approximate surface area is 175 Å². The maximum Gasteiger partial charge on any atom is 0.417 e. The van der Waals surface area contributed by atoms with Gasteiger partial charge in [0.15, 0.2) is 5.03 Å². The van der Waals surface area contributed by atoms with Gasteiger partial charge in [0.05, 0.1) is 17.0 Å². The van der Waals surface area contributed by atoms with Crippen LogP contribution in [-0.2, 0) is 21.8 Å². The molecule has 6 nitrogen and oxygen atoms in total. The number of pyridine rings is 1. The summed E-state index contributed by atoms with van der Waals surface area (Å²) in [5, 5.41) is 8.36. The van der Waals surface area contributed by atoms with Gasteiger partial charge in [-0.05, 0) is 17.7 Å². The molecule has 3 aromatic rings. The highest BCUT2D eigenvalue weighted by atomic mass is 32.2. The number of nitrogens with two attached hydrogens (primary N) is 1. The molecule has 0 saturated heterocycles. The van der Waals surface area contributed by atoms with Crippen molar-refractivity contribution in [2.45, 2.75) is 17.0 Å². The van der Waals surface area contributed by atoms with E-state index >= 15 is 0 Å². The van der Waals surface area contributed by atoms with Crippen LogP contribution in [0.1, 0.15) is 27.0 Å². The van der Waals surface area contributed by atoms with Gasteiger partial charge in [-0.15, -0.1) is 0 Å². The van der Waals surface area contributed by atoms with Gasteiger partial charge in [0, 0.05) is 11.1 Å². The number of sulfone groups is 1. The lowest BCUT2D eigenvalue weighted by molar-refractivity contribution is -0.138. The van der Waals surface area contributed by atoms with Crippen LogP contribution in [0.4, 0.5) is 13.2 Å². The Hall–Kier alpha value is -3.71. The van der Waals surface area contributed by atoms with Crippen LogP contribution in [0.3, 0.4) is 0 Å². The molecule has 2 aromatic carbocycles. The number of alkyl halides is 3. The maximum atomic E-state index is 13.7. The number of halogens is 3. The second-order valence-electron chi connectivity index (χ2n) is 6.49. The highest BCUT2D eigenvalue weighted by molar-refractivity contribution is 7.90. The average Bonchev–Trinajstić information content (AvgIpc) is 2.72. The molecule has 0 spiro atoms. The zero-order valence-electron chi connectivity index (χ0n) is 15.7. The van der Waals surface area contributed by atoms with Crippen molar-refractivity contribution in [1.29, 1.82) is 5.26 Å². The van der Waals surface area contributed by atoms with Crippen LogP contribution in [0.15, 0.2) is 65.7 Å². The van der Waals surface area contributed by atoms with E-state index in [2.05, 4.69) is 4.98 Å². The monoisotopic (exact) mass is 445 g/mol. The predicted molar refractivity (Wildman–Crippen MR) is 105 cm³/mol. The van der Waals surface area contributed by atoms with Crippen LogP contribution in [0.25, 0.3) is 11.3 Å². The minimum atomic E-state index is -4.99. The fourth-order valence-corrected chi connectivity index (χ4v) is 4.50. The van der Waals surface area contributed by atoms with Gasteiger partial charge in [0.1, 0.15) is 11.6 Å². The molecule has 0 unspecified atom stereocenters. The number of hydrogen-bond donors (Lipinski definition) is 1. The Morgan fingerprint density at radius 2 is 1.68 bits per heavy atom. The zero-order valence-corrected chi connectivity index (χ0v) is 16.5. The summed E-state index contributed by atoms with van der Waals surface area (Å²) in [7, 11) is -4.57. The SMILES string of the molecule is N#Cc1c(C(F)(F)F)cc(-c2ccccc2)nc1S(=O)(=O)Cc1ccccc1C(N)=O. The van der Waals surface area contributed by atoms with Crippen LogP contribution in [0, 0.1) is 11.3 Å². The number of nitrogens with zero attached hydrogens (tertiary/aromatic N) is 2. The van der Waals surface area contributed by atoms with Crippen molar-refractivity contribution in [2.24, 2.45) is 5.73 Å². The molecule has 0 aliphatic rings. The third-order valence-corrected chi connectivity index (χ3v) is 5.97. The molecule has 2 N–H and O–H groups in total. The highest BCUT2D eigenvalue weighted by Crippen LogP contribution is 2.37. The van der Waals surface area contributed by atoms with Gasteiger partial charge in [0.25, 0.3) is 0 Å². The van der Waals surface area contributed by atoms with Gasteiger partial charge in [-0.2, -0.15) is 18.4 Å². The van der Waals surface area contributed by atoms with Crippen LogP contribution in [0.2, 0.25) is 0 Å². The summed E-state index contributed by atoms with van der Waals surface area (Å²) in [6, 6.07) is 15.2. The predicted octanol–water partition coefficient (Wildman–Crippen LogP) is 3.71. The van der Waals surface area contributed by atoms with Crippen LogP contribution < -0.4 is 5.73 Å². The summed E-state index contributed by atoms with van der Waals surface area (Å²) in [5.74, 6) is -1.75. The summed E-state index contributed by atoms with van der Waals surface area (Å²) < 4.78 is 67.2. The number of carbonyl (C=O) groups excluding carboxylic acids is 1. The molecule has 0 radical (unpaired) electrons. The summed E-state index contributed by atoms with van der Waals surface area (Å²) >= 11 is 0. The first kappa shape index (κ1) is 22.0. The van der Waals surface area contributed by atoms with E-state index in [4.69, 9.17) is 5.73 Å². The molecule has 3 rings (SSSR count). The first-order chi connectivity index (χ1) is 14.5. The summed E-state index contributed by atoms with van der Waals surface area (Å²) in [6.45, 7) is 0. The lowest BCUT2D eigenvalue weighted by Gasteiger charge is -2.15. The minimum absolute atomic E-state index is 0.0145. The van der Waals surface area contributed by atoms with E-state index in [0.717, 1.165) is 0 Å². The van der Waals surface area contributed by atoms with Crippen LogP contribution in [-0.4, -0.2) is 19.3 Å². The number of primary amides is 1. The van der Waals surface area contributed by atoms with Gasteiger partial charge in [-0.1, -0.05) is 48.5 Å². The first-order valence-electron chi connectivity index (χ1n) is 8.73. The number of nitriles is 1. The lowest BCUT2D eigenvalue weighted by Crippen LogP contribution is -2.19. The molecule has 31 heavy (non-hydrogen) atoms. The van der Waals surface area contributed by atoms with E-state index in [-0.39, 0.29) is 22.4 Å². The zero-order chi connectivity index (χ0) is 22.8. The Kier molecular flexibility index (Phi) is 5.81. The first-order valence-corrected chi connectivity index (χ1v) is 10.4. The summed E-state index contributed by atoms with van der Waals surface area (Å²) in [6.07, 6.45) is -4.99. The number of rotatable bonds is 5. The molecule has 0 bridgehead atoms. The highest BCUT2D eigenvalue weighted by Gasteiger charge is 2.38. The number of aromatic nitrogens is 1. The third kappa shape index (κ3) is 4.57. The van der Waals surface area contributed by atoms with Crippen molar-refractivity contribution < 1.29 is 26.4 Å². The van der Waals surface area contributed by atoms with Gasteiger partial charge < -0.3 is 5.73 Å². The summed E-state index contributed by atoms with van der Waals surface area (Å²) in [5.41, 5.74) is 2.61. The third-order valence-electron chi connectivity index (χ3n) is 4.40. The van der Waals surface area contributed by atoms with Gasteiger partial charge in [-0.25, -0.2) is 13.4 Å². The van der Waals surface area contributed by atoms with Crippen molar-refractivity contribution >= 4 is 15.7 Å². The Morgan fingerprint density at radius 1 is 1.06 bits per heavy atom. The van der Waals surface area contributed by atoms with E-state index in [1.54, 1.807) is 18.2 Å². The molecule has 1 amide bonds. The van der Waals surface area contributed by atoms with Crippen LogP contribution in [0.5, 0.6) is 0 Å². The van der Waals surface area contributed by atoms with Crippen molar-refractivity contribution in [2.75, 3.05) is 0 Å². The smallest absolute Gasteiger partial charge is 0.366 e. The van der Waals surface area contributed by atoms with Gasteiger partial charge in [-0.3, -0.25) is 4.79 Å². The molecular weight excluding hydrogens is 431 g/mol. The Bertz CT molecular complexity index is 1300. The molecule has 158 valence electrons. The van der Waals surface area contributed by atoms with E-state index in [1.807, 2.05) is 0 Å². The number of carbonyl (C=O) groups is 1. The number of hydrogen-bond acceptors (Lipinski definition) is 5. The van der Waals surface area contributed by atoms with E-state index in [9.17, 15) is 31.6 Å². The molecule has 0 atom stereocenters. The summed E-state index contributed by atoms with van der Waals surface area (Å²) in [4.78, 5) is 15.5. The molecule has 0 saturated carbocycles. The lowest BCUT2D eigenvalue weighted by atomic mass is 10.1. The topological polar surface area (TPSA) is 114 Å². The molecule has 0 aliphatic heterocycles.